The predicted octanol–water partition coefficient (Wildman–Crippen LogP) is 2.64. The van der Waals surface area contributed by atoms with Crippen LogP contribution in [0.2, 0.25) is 0 Å². The summed E-state index contributed by atoms with van der Waals surface area (Å²) in [4.78, 5) is 37.4. The Labute approximate surface area is 164 Å². The molecule has 1 aromatic heterocycles. The summed E-state index contributed by atoms with van der Waals surface area (Å²) < 4.78 is 17.9. The molecule has 0 saturated heterocycles. The SMILES string of the molecule is CCOC(=O)c1c(NC(=O)C(=O)N/N=C/c2ccc(F)cc2)sc2c1CCC2. The zero-order valence-corrected chi connectivity index (χ0v) is 15.9. The summed E-state index contributed by atoms with van der Waals surface area (Å²) in [7, 11) is 0. The Morgan fingerprint density at radius 3 is 2.68 bits per heavy atom. The van der Waals surface area contributed by atoms with Crippen LogP contribution in [0.25, 0.3) is 0 Å². The topological polar surface area (TPSA) is 96.9 Å². The lowest BCUT2D eigenvalue weighted by Gasteiger charge is -2.07. The molecule has 9 heteroatoms. The van der Waals surface area contributed by atoms with Crippen LogP contribution in [0.3, 0.4) is 0 Å². The maximum atomic E-state index is 12.8. The number of nitrogens with zero attached hydrogens (tertiary/aromatic N) is 1. The molecule has 7 nitrogen and oxygen atoms in total. The van der Waals surface area contributed by atoms with Gasteiger partial charge in [0.25, 0.3) is 0 Å². The Bertz CT molecular complexity index is 937. The van der Waals surface area contributed by atoms with Crippen LogP contribution in [0.4, 0.5) is 9.39 Å². The average Bonchev–Trinajstić information content (AvgIpc) is 3.24. The Hall–Kier alpha value is -3.07. The van der Waals surface area contributed by atoms with Crippen LogP contribution in [-0.2, 0) is 27.2 Å². The van der Waals surface area contributed by atoms with Crippen LogP contribution >= 0.6 is 11.3 Å². The third-order valence-corrected chi connectivity index (χ3v) is 5.29. The van der Waals surface area contributed by atoms with Gasteiger partial charge in [0, 0.05) is 4.88 Å². The summed E-state index contributed by atoms with van der Waals surface area (Å²) in [5.74, 6) is -2.82. The van der Waals surface area contributed by atoms with Crippen LogP contribution in [-0.4, -0.2) is 30.6 Å². The highest BCUT2D eigenvalue weighted by Crippen LogP contribution is 2.39. The molecule has 28 heavy (non-hydrogen) atoms. The molecule has 0 unspecified atom stereocenters. The number of amides is 2. The highest BCUT2D eigenvalue weighted by atomic mass is 32.1. The number of hydrogen-bond acceptors (Lipinski definition) is 6. The molecule has 1 aliphatic rings. The summed E-state index contributed by atoms with van der Waals surface area (Å²) in [6, 6.07) is 5.46. The van der Waals surface area contributed by atoms with E-state index in [4.69, 9.17) is 4.74 Å². The van der Waals surface area contributed by atoms with E-state index < -0.39 is 17.8 Å². The van der Waals surface area contributed by atoms with E-state index in [0.29, 0.717) is 16.1 Å². The zero-order chi connectivity index (χ0) is 20.1. The second kappa shape index (κ2) is 8.75. The molecule has 1 aliphatic carbocycles. The number of nitrogens with one attached hydrogen (secondary N) is 2. The van der Waals surface area contributed by atoms with Crippen LogP contribution in [0.5, 0.6) is 0 Å². The van der Waals surface area contributed by atoms with Gasteiger partial charge in [0.2, 0.25) is 0 Å². The molecule has 0 spiro atoms. The molecular formula is C19H18FN3O4S. The molecule has 0 atom stereocenters. The Morgan fingerprint density at radius 2 is 1.96 bits per heavy atom. The maximum Gasteiger partial charge on any atom is 0.341 e. The second-order valence-electron chi connectivity index (χ2n) is 5.99. The van der Waals surface area contributed by atoms with Crippen LogP contribution in [0.1, 0.15) is 39.7 Å². The van der Waals surface area contributed by atoms with Gasteiger partial charge in [-0.15, -0.1) is 11.3 Å². The third-order valence-electron chi connectivity index (χ3n) is 4.08. The largest absolute Gasteiger partial charge is 0.462 e. The lowest BCUT2D eigenvalue weighted by atomic mass is 10.1. The quantitative estimate of drug-likeness (QED) is 0.347. The molecule has 146 valence electrons. The van der Waals surface area contributed by atoms with Gasteiger partial charge in [0.15, 0.2) is 0 Å². The van der Waals surface area contributed by atoms with E-state index in [-0.39, 0.29) is 12.4 Å². The fraction of sp³-hybridized carbons (Fsp3) is 0.263. The fourth-order valence-electron chi connectivity index (χ4n) is 2.84. The first kappa shape index (κ1) is 19.7. The van der Waals surface area contributed by atoms with Crippen molar-refractivity contribution in [3.8, 4) is 0 Å². The van der Waals surface area contributed by atoms with Crippen molar-refractivity contribution < 1.29 is 23.5 Å². The summed E-state index contributed by atoms with van der Waals surface area (Å²) in [5.41, 5.74) is 3.87. The second-order valence-corrected chi connectivity index (χ2v) is 7.09. The minimum Gasteiger partial charge on any atom is -0.462 e. The molecule has 0 bridgehead atoms. The number of anilines is 1. The van der Waals surface area contributed by atoms with Gasteiger partial charge in [-0.2, -0.15) is 5.10 Å². The number of thiophene rings is 1. The first-order valence-electron chi connectivity index (χ1n) is 8.71. The van der Waals surface area contributed by atoms with Gasteiger partial charge in [-0.1, -0.05) is 12.1 Å². The molecule has 1 aromatic carbocycles. The van der Waals surface area contributed by atoms with E-state index in [9.17, 15) is 18.8 Å². The molecule has 0 fully saturated rings. The number of aryl methyl sites for hydroxylation is 1. The van der Waals surface area contributed by atoms with Crippen molar-refractivity contribution in [1.29, 1.82) is 0 Å². The monoisotopic (exact) mass is 403 g/mol. The minimum atomic E-state index is -0.985. The molecule has 0 radical (unpaired) electrons. The first-order valence-corrected chi connectivity index (χ1v) is 9.52. The lowest BCUT2D eigenvalue weighted by Crippen LogP contribution is -2.32. The highest BCUT2D eigenvalue weighted by Gasteiger charge is 2.29. The number of hydrazone groups is 1. The van der Waals surface area contributed by atoms with Crippen LogP contribution in [0, 0.1) is 5.82 Å². The Kier molecular flexibility index (Phi) is 6.15. The lowest BCUT2D eigenvalue weighted by molar-refractivity contribution is -0.136. The van der Waals surface area contributed by atoms with Gasteiger partial charge < -0.3 is 10.1 Å². The zero-order valence-electron chi connectivity index (χ0n) is 15.1. The van der Waals surface area contributed by atoms with Crippen molar-refractivity contribution >= 4 is 40.3 Å². The van der Waals surface area contributed by atoms with Crippen LogP contribution in [0.15, 0.2) is 29.4 Å². The van der Waals surface area contributed by atoms with E-state index in [2.05, 4.69) is 15.8 Å². The van der Waals surface area contributed by atoms with Gasteiger partial charge in [0.1, 0.15) is 10.8 Å². The first-order chi connectivity index (χ1) is 13.5. The Morgan fingerprint density at radius 1 is 1.21 bits per heavy atom. The van der Waals surface area contributed by atoms with E-state index in [1.54, 1.807) is 6.92 Å². The number of carbonyl (C=O) groups excluding carboxylic acids is 3. The van der Waals surface area contributed by atoms with Crippen molar-refractivity contribution in [2.75, 3.05) is 11.9 Å². The summed E-state index contributed by atoms with van der Waals surface area (Å²) >= 11 is 1.28. The molecule has 3 rings (SSSR count). The molecular weight excluding hydrogens is 385 g/mol. The normalized spacial score (nSPS) is 12.6. The van der Waals surface area contributed by atoms with E-state index >= 15 is 0 Å². The highest BCUT2D eigenvalue weighted by molar-refractivity contribution is 7.17. The fourth-order valence-corrected chi connectivity index (χ4v) is 4.11. The minimum absolute atomic E-state index is 0.218. The van der Waals surface area contributed by atoms with Crippen molar-refractivity contribution in [1.82, 2.24) is 5.43 Å². The van der Waals surface area contributed by atoms with E-state index in [1.807, 2.05) is 0 Å². The van der Waals surface area contributed by atoms with Crippen molar-refractivity contribution in [3.63, 3.8) is 0 Å². The maximum absolute atomic E-state index is 12.8. The molecule has 2 N–H and O–H groups in total. The molecule has 0 aliphatic heterocycles. The van der Waals surface area contributed by atoms with E-state index in [1.165, 1.54) is 41.8 Å². The number of rotatable bonds is 5. The summed E-state index contributed by atoms with van der Waals surface area (Å²) in [6.07, 6.45) is 3.80. The molecule has 2 amide bonds. The predicted molar refractivity (Wildman–Crippen MR) is 103 cm³/mol. The number of esters is 1. The van der Waals surface area contributed by atoms with Crippen molar-refractivity contribution in [2.24, 2.45) is 5.10 Å². The third kappa shape index (κ3) is 4.42. The molecule has 0 saturated carbocycles. The number of benzene rings is 1. The average molecular weight is 403 g/mol. The standard InChI is InChI=1S/C19H18FN3O4S/c1-2-27-19(26)15-13-4-3-5-14(13)28-18(15)22-16(24)17(25)23-21-10-11-6-8-12(20)9-7-11/h6-10H,2-5H2,1H3,(H,22,24)(H,23,25)/b21-10+. The number of carbonyl (C=O) groups is 3. The number of hydrogen-bond donors (Lipinski definition) is 2. The van der Waals surface area contributed by atoms with Gasteiger partial charge in [-0.3, -0.25) is 9.59 Å². The van der Waals surface area contributed by atoms with Crippen molar-refractivity contribution in [2.45, 2.75) is 26.2 Å². The van der Waals surface area contributed by atoms with E-state index in [0.717, 1.165) is 29.7 Å². The summed E-state index contributed by atoms with van der Waals surface area (Å²) in [6.45, 7) is 1.92. The number of halogens is 1. The number of fused-ring (bicyclic) bond motifs is 1. The number of ether oxygens (including phenoxy) is 1. The van der Waals surface area contributed by atoms with Gasteiger partial charge >= 0.3 is 17.8 Å². The van der Waals surface area contributed by atoms with Crippen molar-refractivity contribution in [3.05, 3.63) is 51.7 Å². The van der Waals surface area contributed by atoms with Gasteiger partial charge in [0.05, 0.1) is 18.4 Å². The smallest absolute Gasteiger partial charge is 0.341 e. The molecule has 2 aromatic rings. The van der Waals surface area contributed by atoms with Gasteiger partial charge in [-0.05, 0) is 49.4 Å². The van der Waals surface area contributed by atoms with Crippen LogP contribution < -0.4 is 10.7 Å². The molecule has 1 heterocycles. The Balaban J connectivity index is 1.66. The van der Waals surface area contributed by atoms with Gasteiger partial charge in [-0.25, -0.2) is 14.6 Å². The summed E-state index contributed by atoms with van der Waals surface area (Å²) in [5, 5.41) is 6.46.